The van der Waals surface area contributed by atoms with E-state index < -0.39 is 78.8 Å². The van der Waals surface area contributed by atoms with Gasteiger partial charge in [0, 0.05) is 17.9 Å². The van der Waals surface area contributed by atoms with E-state index in [1.54, 1.807) is 0 Å². The van der Waals surface area contributed by atoms with Gasteiger partial charge in [-0.3, -0.25) is 24.0 Å². The molecule has 0 aromatic heterocycles. The Labute approximate surface area is 337 Å². The molecule has 0 spiro atoms. The van der Waals surface area contributed by atoms with Gasteiger partial charge in [-0.05, 0) is 44.2 Å². The van der Waals surface area contributed by atoms with Crippen molar-refractivity contribution in [1.29, 1.82) is 0 Å². The zero-order valence-electron chi connectivity index (χ0n) is 32.7. The summed E-state index contributed by atoms with van der Waals surface area (Å²) in [6, 6.07) is 24.7. The molecule has 3 aliphatic rings. The van der Waals surface area contributed by atoms with E-state index in [2.05, 4.69) is 16.0 Å². The molecule has 4 amide bonds. The Kier molecular flexibility index (Phi) is 15.0. The molecule has 9 atom stereocenters. The summed E-state index contributed by atoms with van der Waals surface area (Å²) in [6.07, 6.45) is -3.26. The Morgan fingerprint density at radius 3 is 2.07 bits per heavy atom. The summed E-state index contributed by atoms with van der Waals surface area (Å²) in [6.45, 7) is 3.31. The predicted octanol–water partition coefficient (Wildman–Crippen LogP) is 3.10. The molecule has 15 nitrogen and oxygen atoms in total. The molecule has 1 saturated carbocycles. The van der Waals surface area contributed by atoms with Gasteiger partial charge in [-0.25, -0.2) is 0 Å². The van der Waals surface area contributed by atoms with E-state index in [0.717, 1.165) is 36.0 Å². The molecule has 2 saturated heterocycles. The van der Waals surface area contributed by atoms with E-state index >= 15 is 0 Å². The number of fused-ring (bicyclic) bond motifs is 1. The van der Waals surface area contributed by atoms with Gasteiger partial charge in [-0.15, -0.1) is 0 Å². The second-order valence-corrected chi connectivity index (χ2v) is 14.8. The minimum atomic E-state index is -1.19. The molecule has 1 unspecified atom stereocenters. The topological polar surface area (TPSA) is 203 Å². The smallest absolute Gasteiger partial charge is 0.306 e. The van der Waals surface area contributed by atoms with Crippen LogP contribution < -0.4 is 21.7 Å². The Balaban J connectivity index is 1.12. The van der Waals surface area contributed by atoms with Crippen molar-refractivity contribution < 1.29 is 52.4 Å². The molecule has 1 aliphatic carbocycles. The fraction of sp³-hybridized carbons (Fsp3) is 0.465. The fourth-order valence-electron chi connectivity index (χ4n) is 6.86. The Bertz CT molecular complexity index is 1830. The molecule has 58 heavy (non-hydrogen) atoms. The number of rotatable bonds is 18. The second-order valence-electron chi connectivity index (χ2n) is 14.8. The van der Waals surface area contributed by atoms with Gasteiger partial charge >= 0.3 is 5.97 Å². The first-order valence-corrected chi connectivity index (χ1v) is 19.7. The lowest BCUT2D eigenvalue weighted by atomic mass is 9.84. The highest BCUT2D eigenvalue weighted by atomic mass is 16.8. The van der Waals surface area contributed by atoms with E-state index in [1.807, 2.05) is 91.0 Å². The first-order valence-electron chi connectivity index (χ1n) is 19.7. The molecule has 2 aliphatic heterocycles. The van der Waals surface area contributed by atoms with E-state index in [9.17, 15) is 24.0 Å². The molecule has 15 heteroatoms. The van der Waals surface area contributed by atoms with Crippen LogP contribution in [-0.2, 0) is 65.6 Å². The molecule has 310 valence electrons. The number of primary amides is 1. The monoisotopic (exact) mass is 800 g/mol. The van der Waals surface area contributed by atoms with Crippen molar-refractivity contribution >= 4 is 29.6 Å². The Morgan fingerprint density at radius 1 is 0.810 bits per heavy atom. The lowest BCUT2D eigenvalue weighted by Gasteiger charge is -2.50. The number of ether oxygens (including phenoxy) is 6. The lowest BCUT2D eigenvalue weighted by Crippen LogP contribution is -2.68. The molecule has 3 aromatic rings. The van der Waals surface area contributed by atoms with Crippen molar-refractivity contribution in [2.75, 3.05) is 6.61 Å². The second kappa shape index (κ2) is 20.5. The molecule has 3 aromatic carbocycles. The maximum atomic E-state index is 13.7. The maximum Gasteiger partial charge on any atom is 0.306 e. The largest absolute Gasteiger partial charge is 0.461 e. The van der Waals surface area contributed by atoms with Gasteiger partial charge in [0.1, 0.15) is 49.1 Å². The summed E-state index contributed by atoms with van der Waals surface area (Å²) in [5, 5.41) is 8.27. The zero-order chi connectivity index (χ0) is 41.0. The van der Waals surface area contributed by atoms with Crippen LogP contribution in [0.3, 0.4) is 0 Å². The van der Waals surface area contributed by atoms with Crippen LogP contribution in [0.15, 0.2) is 91.0 Å². The SMILES string of the molecule is C[C@H](NC(=O)[C@@H](C)O[C@H]1[C@@H]2O[C@H](c3ccccc3)OC[C@H]2OC(OCc2ccccc2)[C@@H]1NC(=O)C1CCC1)C(=O)N[C@H](CCC(=O)OCc1ccccc1)C(N)=O. The quantitative estimate of drug-likeness (QED) is 0.138. The number of benzene rings is 3. The molecule has 0 bridgehead atoms. The van der Waals surface area contributed by atoms with Gasteiger partial charge in [0.05, 0.1) is 13.2 Å². The normalized spacial score (nSPS) is 24.4. The fourth-order valence-corrected chi connectivity index (χ4v) is 6.86. The van der Waals surface area contributed by atoms with Gasteiger partial charge in [-0.2, -0.15) is 0 Å². The van der Waals surface area contributed by atoms with Crippen LogP contribution >= 0.6 is 0 Å². The highest BCUT2D eigenvalue weighted by molar-refractivity contribution is 5.92. The van der Waals surface area contributed by atoms with Crippen LogP contribution in [0.1, 0.15) is 68.9 Å². The third kappa shape index (κ3) is 11.5. The van der Waals surface area contributed by atoms with Crippen LogP contribution in [0.25, 0.3) is 0 Å². The summed E-state index contributed by atoms with van der Waals surface area (Å²) in [5.74, 6) is -3.12. The van der Waals surface area contributed by atoms with Gasteiger partial charge in [-0.1, -0.05) is 97.4 Å². The van der Waals surface area contributed by atoms with E-state index in [4.69, 9.17) is 34.2 Å². The third-order valence-electron chi connectivity index (χ3n) is 10.5. The molecular weight excluding hydrogens is 748 g/mol. The summed E-state index contributed by atoms with van der Waals surface area (Å²) >= 11 is 0. The Hall–Kier alpha value is -5.19. The molecule has 2 heterocycles. The number of hydrogen-bond donors (Lipinski definition) is 4. The highest BCUT2D eigenvalue weighted by Gasteiger charge is 2.53. The van der Waals surface area contributed by atoms with Crippen molar-refractivity contribution in [3.63, 3.8) is 0 Å². The third-order valence-corrected chi connectivity index (χ3v) is 10.5. The van der Waals surface area contributed by atoms with Crippen molar-refractivity contribution in [1.82, 2.24) is 16.0 Å². The minimum absolute atomic E-state index is 0.0639. The van der Waals surface area contributed by atoms with E-state index in [-0.39, 0.29) is 44.5 Å². The van der Waals surface area contributed by atoms with Crippen molar-refractivity contribution in [3.8, 4) is 0 Å². The molecular formula is C43H52N4O11. The van der Waals surface area contributed by atoms with E-state index in [1.165, 1.54) is 13.8 Å². The molecule has 6 rings (SSSR count). The van der Waals surface area contributed by atoms with Gasteiger partial charge < -0.3 is 50.1 Å². The first-order chi connectivity index (χ1) is 28.0. The number of hydrogen-bond acceptors (Lipinski definition) is 11. The highest BCUT2D eigenvalue weighted by Crippen LogP contribution is 2.37. The van der Waals surface area contributed by atoms with Crippen molar-refractivity contribution in [2.24, 2.45) is 11.7 Å². The van der Waals surface area contributed by atoms with Crippen LogP contribution in [0.4, 0.5) is 0 Å². The molecule has 0 radical (unpaired) electrons. The number of nitrogens with one attached hydrogen (secondary N) is 3. The first kappa shape index (κ1) is 42.4. The van der Waals surface area contributed by atoms with Crippen molar-refractivity contribution in [3.05, 3.63) is 108 Å². The summed E-state index contributed by atoms with van der Waals surface area (Å²) in [4.78, 5) is 65.1. The van der Waals surface area contributed by atoms with Gasteiger partial charge in [0.15, 0.2) is 12.6 Å². The standard InChI is InChI=1S/C43H52N4O11/c1-26(39(50)46-32(38(44)49)21-22-34(48)53-23-28-13-6-3-7-14-28)45-40(51)27(2)56-37-35(47-41(52)30-19-12-20-30)43(54-24-29-15-8-4-9-16-29)57-33-25-55-42(58-36(33)37)31-17-10-5-11-18-31/h3-11,13-18,26-27,30,32-33,35-37,42-43H,12,19-25H2,1-2H3,(H2,44,49)(H,45,51)(H,46,50)(H,47,52)/t26-,27+,32+,33+,35+,36+,37+,42+,43?/m0/s1. The number of nitrogens with two attached hydrogens (primary N) is 1. The summed E-state index contributed by atoms with van der Waals surface area (Å²) in [7, 11) is 0. The molecule has 3 fully saturated rings. The summed E-state index contributed by atoms with van der Waals surface area (Å²) < 4.78 is 37.2. The number of esters is 1. The molecule has 5 N–H and O–H groups in total. The summed E-state index contributed by atoms with van der Waals surface area (Å²) in [5.41, 5.74) is 8.00. The zero-order valence-corrected chi connectivity index (χ0v) is 32.7. The van der Waals surface area contributed by atoms with Crippen LogP contribution in [0.5, 0.6) is 0 Å². The minimum Gasteiger partial charge on any atom is -0.461 e. The van der Waals surface area contributed by atoms with Crippen LogP contribution in [-0.4, -0.2) is 85.0 Å². The number of carbonyl (C=O) groups excluding carboxylic acids is 5. The maximum absolute atomic E-state index is 13.7. The predicted molar refractivity (Wildman–Crippen MR) is 208 cm³/mol. The average Bonchev–Trinajstić information content (AvgIpc) is 3.21. The number of amides is 4. The van der Waals surface area contributed by atoms with Crippen molar-refractivity contribution in [2.45, 2.75) is 114 Å². The van der Waals surface area contributed by atoms with Crippen LogP contribution in [0, 0.1) is 5.92 Å². The van der Waals surface area contributed by atoms with E-state index in [0.29, 0.717) is 0 Å². The lowest BCUT2D eigenvalue weighted by molar-refractivity contribution is -0.351. The number of carbonyl (C=O) groups is 5. The Morgan fingerprint density at radius 2 is 1.45 bits per heavy atom. The average molecular weight is 801 g/mol. The van der Waals surface area contributed by atoms with Gasteiger partial charge in [0.2, 0.25) is 23.6 Å². The van der Waals surface area contributed by atoms with Crippen LogP contribution in [0.2, 0.25) is 0 Å². The van der Waals surface area contributed by atoms with Gasteiger partial charge in [0.25, 0.3) is 0 Å².